The minimum absolute atomic E-state index is 0.00612. The SMILES string of the molecule is CC1=C(C(=O)Nc2ccccc2)[C@@H](c2ccccc2)n2c(s/c(=C\c3ccc(-c4ccc(C(=O)O)c(Cl)c4)o3)c2=O)=N1. The van der Waals surface area contributed by atoms with Crippen molar-refractivity contribution in [2.75, 3.05) is 5.32 Å². The van der Waals surface area contributed by atoms with Crippen LogP contribution in [0.25, 0.3) is 17.4 Å². The fourth-order valence-electron chi connectivity index (χ4n) is 4.84. The maximum atomic E-state index is 13.9. The number of hydrogen-bond acceptors (Lipinski definition) is 6. The summed E-state index contributed by atoms with van der Waals surface area (Å²) in [6.45, 7) is 1.77. The average molecular weight is 596 g/mol. The third-order valence-electron chi connectivity index (χ3n) is 6.80. The Morgan fingerprint density at radius 3 is 2.43 bits per heavy atom. The maximum absolute atomic E-state index is 13.9. The van der Waals surface area contributed by atoms with E-state index in [0.717, 1.165) is 5.56 Å². The van der Waals surface area contributed by atoms with Crippen molar-refractivity contribution in [3.8, 4) is 11.3 Å². The maximum Gasteiger partial charge on any atom is 0.337 e. The van der Waals surface area contributed by atoms with E-state index in [4.69, 9.17) is 16.0 Å². The fraction of sp³-hybridized carbons (Fsp3) is 0.0625. The van der Waals surface area contributed by atoms with Crippen molar-refractivity contribution in [3.63, 3.8) is 0 Å². The molecule has 208 valence electrons. The number of carbonyl (C=O) groups is 2. The Morgan fingerprint density at radius 2 is 1.74 bits per heavy atom. The average Bonchev–Trinajstić information content (AvgIpc) is 3.57. The van der Waals surface area contributed by atoms with E-state index in [9.17, 15) is 19.5 Å². The predicted molar refractivity (Wildman–Crippen MR) is 161 cm³/mol. The van der Waals surface area contributed by atoms with Crippen molar-refractivity contribution in [1.29, 1.82) is 0 Å². The second kappa shape index (κ2) is 11.1. The molecule has 0 radical (unpaired) electrons. The van der Waals surface area contributed by atoms with Gasteiger partial charge in [0, 0.05) is 17.3 Å². The molecule has 0 bridgehead atoms. The molecule has 1 atom stereocenters. The molecule has 1 aliphatic rings. The second-order valence-electron chi connectivity index (χ2n) is 9.51. The molecule has 0 fully saturated rings. The monoisotopic (exact) mass is 595 g/mol. The van der Waals surface area contributed by atoms with Crippen molar-refractivity contribution in [2.45, 2.75) is 13.0 Å². The van der Waals surface area contributed by atoms with Gasteiger partial charge in [0.05, 0.1) is 32.4 Å². The number of aromatic nitrogens is 1. The van der Waals surface area contributed by atoms with Gasteiger partial charge in [-0.3, -0.25) is 14.2 Å². The van der Waals surface area contributed by atoms with Gasteiger partial charge in [-0.2, -0.15) is 0 Å². The predicted octanol–water partition coefficient (Wildman–Crippen LogP) is 5.49. The highest BCUT2D eigenvalue weighted by Gasteiger charge is 2.32. The highest BCUT2D eigenvalue weighted by atomic mass is 35.5. The van der Waals surface area contributed by atoms with Crippen LogP contribution in [0, 0.1) is 0 Å². The topological polar surface area (TPSA) is 114 Å². The molecule has 42 heavy (non-hydrogen) atoms. The number of para-hydroxylation sites is 1. The standard InChI is InChI=1S/C32H22ClN3O5S/c1-18-27(29(37)35-21-10-6-3-7-11-21)28(19-8-4-2-5-9-19)36-30(38)26(42-32(36)34-18)17-22-13-15-25(41-22)20-12-14-23(31(39)40)24(33)16-20/h2-17,28H,1H3,(H,35,37)(H,39,40)/b26-17-/t28-/m1/s1. The molecule has 2 N–H and O–H groups in total. The van der Waals surface area contributed by atoms with Crippen LogP contribution in [0.2, 0.25) is 5.02 Å². The fourth-order valence-corrected chi connectivity index (χ4v) is 6.13. The number of nitrogens with zero attached hydrogens (tertiary/aromatic N) is 2. The van der Waals surface area contributed by atoms with Crippen molar-refractivity contribution in [1.82, 2.24) is 4.57 Å². The number of fused-ring (bicyclic) bond motifs is 1. The molecule has 1 amide bonds. The van der Waals surface area contributed by atoms with E-state index in [1.807, 2.05) is 48.5 Å². The molecule has 1 aliphatic heterocycles. The van der Waals surface area contributed by atoms with E-state index in [2.05, 4.69) is 10.3 Å². The summed E-state index contributed by atoms with van der Waals surface area (Å²) in [4.78, 5) is 43.9. The molecule has 3 heterocycles. The van der Waals surface area contributed by atoms with Crippen LogP contribution in [0.4, 0.5) is 5.69 Å². The number of aromatic carboxylic acids is 1. The molecule has 0 spiro atoms. The van der Waals surface area contributed by atoms with Gasteiger partial charge in [-0.25, -0.2) is 9.79 Å². The number of carboxylic acid groups (broad SMARTS) is 1. The van der Waals surface area contributed by atoms with Crippen LogP contribution in [-0.4, -0.2) is 21.6 Å². The van der Waals surface area contributed by atoms with Gasteiger partial charge in [0.15, 0.2) is 4.80 Å². The summed E-state index contributed by atoms with van der Waals surface area (Å²) < 4.78 is 7.90. The lowest BCUT2D eigenvalue weighted by molar-refractivity contribution is -0.113. The van der Waals surface area contributed by atoms with Crippen LogP contribution in [0.3, 0.4) is 0 Å². The third kappa shape index (κ3) is 5.11. The summed E-state index contributed by atoms with van der Waals surface area (Å²) >= 11 is 7.33. The largest absolute Gasteiger partial charge is 0.478 e. The van der Waals surface area contributed by atoms with Crippen molar-refractivity contribution in [3.05, 3.63) is 144 Å². The molecule has 8 nitrogen and oxygen atoms in total. The molecule has 3 aromatic carbocycles. The van der Waals surface area contributed by atoms with E-state index in [1.54, 1.807) is 47.9 Å². The molecule has 5 aromatic rings. The first-order valence-corrected chi connectivity index (χ1v) is 14.1. The zero-order chi connectivity index (χ0) is 29.4. The smallest absolute Gasteiger partial charge is 0.337 e. The third-order valence-corrected chi connectivity index (χ3v) is 8.09. The number of anilines is 1. The van der Waals surface area contributed by atoms with Gasteiger partial charge in [0.1, 0.15) is 11.5 Å². The van der Waals surface area contributed by atoms with Crippen molar-refractivity contribution >= 4 is 46.6 Å². The molecular formula is C32H22ClN3O5S. The van der Waals surface area contributed by atoms with E-state index < -0.39 is 12.0 Å². The van der Waals surface area contributed by atoms with Crippen LogP contribution in [0.1, 0.15) is 34.6 Å². The molecular weight excluding hydrogens is 574 g/mol. The number of hydrogen-bond donors (Lipinski definition) is 2. The van der Waals surface area contributed by atoms with Gasteiger partial charge in [-0.15, -0.1) is 0 Å². The Balaban J connectivity index is 1.41. The Hall–Kier alpha value is -4.99. The first kappa shape index (κ1) is 27.2. The minimum atomic E-state index is -1.12. The molecule has 0 saturated carbocycles. The van der Waals surface area contributed by atoms with Gasteiger partial charge in [0.2, 0.25) is 0 Å². The van der Waals surface area contributed by atoms with Crippen LogP contribution in [0.5, 0.6) is 0 Å². The summed E-state index contributed by atoms with van der Waals surface area (Å²) in [5.74, 6) is -0.575. The van der Waals surface area contributed by atoms with Crippen molar-refractivity contribution < 1.29 is 19.1 Å². The highest BCUT2D eigenvalue weighted by Crippen LogP contribution is 2.31. The number of thiazole rings is 1. The lowest BCUT2D eigenvalue weighted by Gasteiger charge is -2.25. The molecule has 0 unspecified atom stereocenters. The number of amides is 1. The molecule has 2 aromatic heterocycles. The van der Waals surface area contributed by atoms with Gasteiger partial charge in [0.25, 0.3) is 11.5 Å². The lowest BCUT2D eigenvalue weighted by Crippen LogP contribution is -2.40. The normalized spacial score (nSPS) is 14.8. The molecule has 0 saturated heterocycles. The van der Waals surface area contributed by atoms with Gasteiger partial charge < -0.3 is 14.8 Å². The van der Waals surface area contributed by atoms with E-state index in [-0.39, 0.29) is 22.1 Å². The zero-order valence-corrected chi connectivity index (χ0v) is 23.6. The van der Waals surface area contributed by atoms with Crippen LogP contribution >= 0.6 is 22.9 Å². The van der Waals surface area contributed by atoms with Crippen LogP contribution in [-0.2, 0) is 4.79 Å². The zero-order valence-electron chi connectivity index (χ0n) is 22.1. The van der Waals surface area contributed by atoms with E-state index >= 15 is 0 Å². The number of rotatable bonds is 6. The number of nitrogens with one attached hydrogen (secondary N) is 1. The molecule has 6 rings (SSSR count). The number of carbonyl (C=O) groups excluding carboxylic acids is 1. The van der Waals surface area contributed by atoms with Crippen molar-refractivity contribution in [2.24, 2.45) is 4.99 Å². The minimum Gasteiger partial charge on any atom is -0.478 e. The van der Waals surface area contributed by atoms with Gasteiger partial charge in [-0.1, -0.05) is 77.5 Å². The first-order valence-electron chi connectivity index (χ1n) is 12.9. The van der Waals surface area contributed by atoms with Gasteiger partial charge in [-0.05, 0) is 48.9 Å². The van der Waals surface area contributed by atoms with E-state index in [1.165, 1.54) is 23.5 Å². The number of halogens is 1. The summed E-state index contributed by atoms with van der Waals surface area (Å²) in [6, 6.07) is 25.8. The Morgan fingerprint density at radius 1 is 1.02 bits per heavy atom. The summed E-state index contributed by atoms with van der Waals surface area (Å²) in [6.07, 6.45) is 1.63. The Kier molecular flexibility index (Phi) is 7.20. The summed E-state index contributed by atoms with van der Waals surface area (Å²) in [5.41, 5.74) is 2.60. The Labute approximate surface area is 248 Å². The number of furan rings is 1. The number of allylic oxidation sites excluding steroid dienone is 1. The molecule has 10 heteroatoms. The van der Waals surface area contributed by atoms with Crippen LogP contribution < -0.4 is 20.2 Å². The Bertz CT molecular complexity index is 2060. The number of benzene rings is 3. The van der Waals surface area contributed by atoms with Gasteiger partial charge >= 0.3 is 5.97 Å². The van der Waals surface area contributed by atoms with E-state index in [0.29, 0.717) is 43.4 Å². The quantitative estimate of drug-likeness (QED) is 0.270. The highest BCUT2D eigenvalue weighted by molar-refractivity contribution is 7.07. The molecule has 0 aliphatic carbocycles. The lowest BCUT2D eigenvalue weighted by atomic mass is 9.95. The second-order valence-corrected chi connectivity index (χ2v) is 10.9. The van der Waals surface area contributed by atoms with Crippen LogP contribution in [0.15, 0.2) is 116 Å². The summed E-state index contributed by atoms with van der Waals surface area (Å²) in [7, 11) is 0. The number of carboxylic acids is 1. The first-order chi connectivity index (χ1) is 20.3. The summed E-state index contributed by atoms with van der Waals surface area (Å²) in [5, 5.41) is 12.3.